The van der Waals surface area contributed by atoms with Gasteiger partial charge in [-0.05, 0) is 18.2 Å². The van der Waals surface area contributed by atoms with Crippen molar-refractivity contribution in [2.75, 3.05) is 7.11 Å². The maximum atomic E-state index is 10.8. The lowest BCUT2D eigenvalue weighted by Crippen LogP contribution is -1.87. The van der Waals surface area contributed by atoms with Crippen LogP contribution < -0.4 is 4.74 Å². The molecule has 0 amide bonds. The highest BCUT2D eigenvalue weighted by molar-refractivity contribution is 5.82. The van der Waals surface area contributed by atoms with Crippen molar-refractivity contribution in [2.45, 2.75) is 0 Å². The number of carbonyl (C=O) groups excluding carboxylic acids is 1. The van der Waals surface area contributed by atoms with Crippen molar-refractivity contribution in [1.82, 2.24) is 0 Å². The van der Waals surface area contributed by atoms with E-state index in [1.54, 1.807) is 12.1 Å². The van der Waals surface area contributed by atoms with Crippen LogP contribution in [0.2, 0.25) is 0 Å². The molecule has 2 aromatic rings. The Bertz CT molecular complexity index is 610. The number of benzene rings is 2. The summed E-state index contributed by atoms with van der Waals surface area (Å²) in [7, 11) is 1.46. The summed E-state index contributed by atoms with van der Waals surface area (Å²) in [5.41, 5.74) is 1.21. The number of hydrogen-bond donors (Lipinski definition) is 1. The van der Waals surface area contributed by atoms with Crippen LogP contribution in [0.25, 0.3) is 0 Å². The molecule has 0 radical (unpaired) electrons. The smallest absolute Gasteiger partial charge is 0.153 e. The van der Waals surface area contributed by atoms with Crippen LogP contribution in [0.1, 0.15) is 10.4 Å². The highest BCUT2D eigenvalue weighted by Gasteiger charge is 2.09. The third-order valence-corrected chi connectivity index (χ3v) is 2.48. The van der Waals surface area contributed by atoms with Crippen molar-refractivity contribution in [3.63, 3.8) is 0 Å². The quantitative estimate of drug-likeness (QED) is 0.670. The van der Waals surface area contributed by atoms with Gasteiger partial charge < -0.3 is 9.84 Å². The van der Waals surface area contributed by atoms with Crippen molar-refractivity contribution in [2.24, 2.45) is 10.2 Å². The molecular formula is C14H12N2O3. The molecule has 2 aromatic carbocycles. The lowest BCUT2D eigenvalue weighted by atomic mass is 10.2. The van der Waals surface area contributed by atoms with Crippen molar-refractivity contribution in [3.8, 4) is 11.5 Å². The summed E-state index contributed by atoms with van der Waals surface area (Å²) in [5.74, 6) is 0.202. The van der Waals surface area contributed by atoms with Gasteiger partial charge in [0.25, 0.3) is 0 Å². The number of carbonyl (C=O) groups is 1. The first-order valence-electron chi connectivity index (χ1n) is 5.57. The van der Waals surface area contributed by atoms with Crippen LogP contribution in [0.4, 0.5) is 11.4 Å². The van der Waals surface area contributed by atoms with E-state index in [1.807, 2.05) is 18.2 Å². The third-order valence-electron chi connectivity index (χ3n) is 2.48. The van der Waals surface area contributed by atoms with Crippen LogP contribution in [0.3, 0.4) is 0 Å². The molecule has 5 heteroatoms. The minimum Gasteiger partial charge on any atom is -0.507 e. The Labute approximate surface area is 110 Å². The Kier molecular flexibility index (Phi) is 3.87. The number of rotatable bonds is 4. The summed E-state index contributed by atoms with van der Waals surface area (Å²) in [6.45, 7) is 0. The Morgan fingerprint density at radius 3 is 2.53 bits per heavy atom. The second-order valence-corrected chi connectivity index (χ2v) is 3.74. The van der Waals surface area contributed by atoms with Gasteiger partial charge >= 0.3 is 0 Å². The number of methoxy groups -OCH3 is 1. The minimum absolute atomic E-state index is 0.141. The van der Waals surface area contributed by atoms with E-state index in [2.05, 4.69) is 10.2 Å². The molecule has 0 fully saturated rings. The second-order valence-electron chi connectivity index (χ2n) is 3.74. The average molecular weight is 256 g/mol. The highest BCUT2D eigenvalue weighted by Crippen LogP contribution is 2.34. The zero-order valence-corrected chi connectivity index (χ0v) is 10.3. The van der Waals surface area contributed by atoms with Crippen LogP contribution in [0, 0.1) is 0 Å². The zero-order valence-electron chi connectivity index (χ0n) is 10.3. The van der Waals surface area contributed by atoms with Gasteiger partial charge in [-0.1, -0.05) is 18.2 Å². The van der Waals surface area contributed by atoms with Crippen LogP contribution in [0.5, 0.6) is 11.5 Å². The molecule has 0 aliphatic carbocycles. The predicted molar refractivity (Wildman–Crippen MR) is 70.7 cm³/mol. The number of aldehydes is 1. The summed E-state index contributed by atoms with van der Waals surface area (Å²) in [5, 5.41) is 17.6. The Morgan fingerprint density at radius 2 is 1.89 bits per heavy atom. The Balaban J connectivity index is 2.38. The number of phenolic OH excluding ortho intramolecular Hbond substituents is 1. The monoisotopic (exact) mass is 256 g/mol. The van der Waals surface area contributed by atoms with Crippen molar-refractivity contribution in [3.05, 3.63) is 48.0 Å². The Morgan fingerprint density at radius 1 is 1.16 bits per heavy atom. The molecule has 0 atom stereocenters. The molecule has 0 aromatic heterocycles. The number of hydrogen-bond acceptors (Lipinski definition) is 5. The van der Waals surface area contributed by atoms with E-state index in [1.165, 1.54) is 19.2 Å². The summed E-state index contributed by atoms with van der Waals surface area (Å²) in [4.78, 5) is 10.8. The maximum Gasteiger partial charge on any atom is 0.153 e. The fourth-order valence-corrected chi connectivity index (χ4v) is 1.52. The molecule has 96 valence electrons. The fraction of sp³-hybridized carbons (Fsp3) is 0.0714. The van der Waals surface area contributed by atoms with Crippen LogP contribution in [-0.2, 0) is 0 Å². The molecule has 0 spiro atoms. The number of aromatic hydroxyl groups is 1. The summed E-state index contributed by atoms with van der Waals surface area (Å²) in [6.07, 6.45) is 0.552. The summed E-state index contributed by atoms with van der Waals surface area (Å²) >= 11 is 0. The lowest BCUT2D eigenvalue weighted by Gasteiger charge is -2.05. The van der Waals surface area contributed by atoms with E-state index >= 15 is 0 Å². The highest BCUT2D eigenvalue weighted by atomic mass is 16.5. The number of ether oxygens (including phenoxy) is 1. The first-order valence-corrected chi connectivity index (χ1v) is 5.57. The van der Waals surface area contributed by atoms with E-state index < -0.39 is 0 Å². The molecule has 0 aliphatic heterocycles. The van der Waals surface area contributed by atoms with E-state index in [0.717, 1.165) is 0 Å². The van der Waals surface area contributed by atoms with Gasteiger partial charge in [0.05, 0.1) is 18.4 Å². The molecular weight excluding hydrogens is 244 g/mol. The van der Waals surface area contributed by atoms with Gasteiger partial charge in [0.2, 0.25) is 0 Å². The van der Waals surface area contributed by atoms with Crippen LogP contribution >= 0.6 is 0 Å². The van der Waals surface area contributed by atoms with E-state index in [4.69, 9.17) is 4.74 Å². The molecule has 0 saturated carbocycles. The second kappa shape index (κ2) is 5.77. The predicted octanol–water partition coefficient (Wildman–Crippen LogP) is 3.63. The van der Waals surface area contributed by atoms with Crippen LogP contribution in [-0.4, -0.2) is 18.5 Å². The molecule has 1 N–H and O–H groups in total. The first kappa shape index (κ1) is 12.8. The molecule has 0 heterocycles. The average Bonchev–Trinajstić information content (AvgIpc) is 2.46. The standard InChI is InChI=1S/C14H12N2O3/c1-19-14-8-13(18)10(9-17)7-12(14)16-15-11-5-3-2-4-6-11/h2-9,18H,1H3. The molecule has 19 heavy (non-hydrogen) atoms. The molecule has 0 saturated heterocycles. The molecule has 0 bridgehead atoms. The van der Waals surface area contributed by atoms with Gasteiger partial charge in [0, 0.05) is 6.07 Å². The van der Waals surface area contributed by atoms with Crippen LogP contribution in [0.15, 0.2) is 52.7 Å². The van der Waals surface area contributed by atoms with Crippen molar-refractivity contribution < 1.29 is 14.6 Å². The lowest BCUT2D eigenvalue weighted by molar-refractivity contribution is 0.112. The normalized spacial score (nSPS) is 10.6. The number of azo groups is 1. The summed E-state index contributed by atoms with van der Waals surface area (Å²) in [6, 6.07) is 11.9. The summed E-state index contributed by atoms with van der Waals surface area (Å²) < 4.78 is 5.08. The number of phenols is 1. The van der Waals surface area contributed by atoms with Gasteiger partial charge in [-0.25, -0.2) is 0 Å². The van der Waals surface area contributed by atoms with Gasteiger partial charge in [-0.3, -0.25) is 4.79 Å². The fourth-order valence-electron chi connectivity index (χ4n) is 1.52. The topological polar surface area (TPSA) is 71.2 Å². The molecule has 2 rings (SSSR count). The molecule has 0 aliphatic rings. The zero-order chi connectivity index (χ0) is 13.7. The van der Waals surface area contributed by atoms with Gasteiger partial charge in [-0.15, -0.1) is 5.11 Å². The molecule has 0 unspecified atom stereocenters. The van der Waals surface area contributed by atoms with E-state index in [-0.39, 0.29) is 11.3 Å². The largest absolute Gasteiger partial charge is 0.507 e. The Hall–Kier alpha value is -2.69. The maximum absolute atomic E-state index is 10.8. The third kappa shape index (κ3) is 2.95. The van der Waals surface area contributed by atoms with E-state index in [0.29, 0.717) is 23.4 Å². The first-order chi connectivity index (χ1) is 9.24. The number of nitrogens with zero attached hydrogens (tertiary/aromatic N) is 2. The minimum atomic E-state index is -0.148. The van der Waals surface area contributed by atoms with Gasteiger partial charge in [0.1, 0.15) is 17.2 Å². The van der Waals surface area contributed by atoms with E-state index in [9.17, 15) is 9.90 Å². The van der Waals surface area contributed by atoms with Gasteiger partial charge in [-0.2, -0.15) is 5.11 Å². The van der Waals surface area contributed by atoms with Crippen molar-refractivity contribution in [1.29, 1.82) is 0 Å². The van der Waals surface area contributed by atoms with Crippen molar-refractivity contribution >= 4 is 17.7 Å². The molecule has 5 nitrogen and oxygen atoms in total. The van der Waals surface area contributed by atoms with Gasteiger partial charge in [0.15, 0.2) is 6.29 Å². The SMILES string of the molecule is COc1cc(O)c(C=O)cc1N=Nc1ccccc1.